The molecule has 0 aliphatic heterocycles. The Hall–Kier alpha value is -3.22. The average Bonchev–Trinajstić information content (AvgIpc) is 2.96. The highest BCUT2D eigenvalue weighted by Crippen LogP contribution is 2.34. The van der Waals surface area contributed by atoms with Crippen LogP contribution in [0.4, 0.5) is 13.2 Å². The number of rotatable bonds is 4. The normalized spacial score (nSPS) is 11.4. The van der Waals surface area contributed by atoms with Gasteiger partial charge in [0.05, 0.1) is 11.4 Å². The van der Waals surface area contributed by atoms with Gasteiger partial charge in [-0.15, -0.1) is 13.2 Å². The molecular weight excluding hydrogens is 343 g/mol. The number of aromatic nitrogens is 2. The Labute approximate surface area is 148 Å². The molecule has 0 aliphatic carbocycles. The number of ether oxygens (including phenoxy) is 1. The highest BCUT2D eigenvalue weighted by molar-refractivity contribution is 5.72. The lowest BCUT2D eigenvalue weighted by Gasteiger charge is -2.14. The lowest BCUT2D eigenvalue weighted by molar-refractivity contribution is -0.274. The first kappa shape index (κ1) is 17.6. The Bertz CT molecular complexity index is 961. The van der Waals surface area contributed by atoms with Crippen molar-refractivity contribution < 1.29 is 17.9 Å². The molecule has 7 heteroatoms. The van der Waals surface area contributed by atoms with Gasteiger partial charge in [0.1, 0.15) is 11.4 Å². The van der Waals surface area contributed by atoms with Crippen molar-refractivity contribution in [2.24, 2.45) is 5.73 Å². The van der Waals surface area contributed by atoms with Gasteiger partial charge in [-0.1, -0.05) is 36.9 Å². The summed E-state index contributed by atoms with van der Waals surface area (Å²) >= 11 is 0. The van der Waals surface area contributed by atoms with Gasteiger partial charge >= 0.3 is 6.36 Å². The van der Waals surface area contributed by atoms with E-state index in [1.54, 1.807) is 47.1 Å². The number of nitrogens with zero attached hydrogens (tertiary/aromatic N) is 2. The van der Waals surface area contributed by atoms with E-state index in [1.165, 1.54) is 12.1 Å². The predicted molar refractivity (Wildman–Crippen MR) is 93.6 cm³/mol. The highest BCUT2D eigenvalue weighted by atomic mass is 19.4. The van der Waals surface area contributed by atoms with Crippen molar-refractivity contribution in [1.29, 1.82) is 0 Å². The van der Waals surface area contributed by atoms with Crippen molar-refractivity contribution in [2.75, 3.05) is 0 Å². The van der Waals surface area contributed by atoms with Gasteiger partial charge in [-0.25, -0.2) is 4.68 Å². The van der Waals surface area contributed by atoms with E-state index in [9.17, 15) is 13.2 Å². The fraction of sp³-hybridized carbons (Fsp3) is 0.105. The van der Waals surface area contributed by atoms with Crippen LogP contribution in [0.5, 0.6) is 5.75 Å². The zero-order valence-corrected chi connectivity index (χ0v) is 13.9. The van der Waals surface area contributed by atoms with Crippen molar-refractivity contribution in [2.45, 2.75) is 13.3 Å². The first-order chi connectivity index (χ1) is 12.2. The number of hydrogen-bond donors (Lipinski definition) is 1. The van der Waals surface area contributed by atoms with Crippen LogP contribution in [0, 0.1) is 6.92 Å². The molecule has 3 rings (SSSR count). The van der Waals surface area contributed by atoms with Crippen LogP contribution >= 0.6 is 0 Å². The topological polar surface area (TPSA) is 53.1 Å². The Balaban J connectivity index is 2.05. The summed E-state index contributed by atoms with van der Waals surface area (Å²) in [7, 11) is 0. The number of alkyl halides is 3. The lowest BCUT2D eigenvalue weighted by Crippen LogP contribution is -2.17. The second-order valence-corrected chi connectivity index (χ2v) is 5.70. The molecule has 0 unspecified atom stereocenters. The number of nitrogens with two attached hydrogens (primary N) is 1. The SMILES string of the molecule is C=C(N)c1cc(C)n(-c2cccc(-c3ccccc3OC(F)(F)F)c2)n1. The van der Waals surface area contributed by atoms with Crippen LogP contribution in [0.1, 0.15) is 11.4 Å². The molecule has 0 radical (unpaired) electrons. The maximum absolute atomic E-state index is 12.7. The van der Waals surface area contributed by atoms with Crippen LogP contribution in [0.15, 0.2) is 61.2 Å². The maximum atomic E-state index is 12.7. The Morgan fingerprint density at radius 2 is 1.85 bits per heavy atom. The van der Waals surface area contributed by atoms with Crippen LogP contribution in [-0.4, -0.2) is 16.1 Å². The Morgan fingerprint density at radius 3 is 2.50 bits per heavy atom. The van der Waals surface area contributed by atoms with Gasteiger partial charge in [0.2, 0.25) is 0 Å². The number of hydrogen-bond acceptors (Lipinski definition) is 3. The monoisotopic (exact) mass is 359 g/mol. The molecule has 26 heavy (non-hydrogen) atoms. The molecule has 0 aliphatic rings. The highest BCUT2D eigenvalue weighted by Gasteiger charge is 2.32. The first-order valence-corrected chi connectivity index (χ1v) is 7.71. The van der Waals surface area contributed by atoms with E-state index in [0.717, 1.165) is 5.69 Å². The van der Waals surface area contributed by atoms with Crippen molar-refractivity contribution in [3.05, 3.63) is 72.6 Å². The molecule has 2 N–H and O–H groups in total. The van der Waals surface area contributed by atoms with Gasteiger partial charge < -0.3 is 10.5 Å². The summed E-state index contributed by atoms with van der Waals surface area (Å²) < 4.78 is 43.8. The van der Waals surface area contributed by atoms with E-state index in [2.05, 4.69) is 16.4 Å². The van der Waals surface area contributed by atoms with E-state index in [0.29, 0.717) is 28.2 Å². The summed E-state index contributed by atoms with van der Waals surface area (Å²) in [4.78, 5) is 0. The standard InChI is InChI=1S/C19H16F3N3O/c1-12-10-17(13(2)23)24-25(12)15-7-5-6-14(11-15)16-8-3-4-9-18(16)26-19(20,21)22/h3-11H,2,23H2,1H3. The molecule has 4 nitrogen and oxygen atoms in total. The molecular formula is C19H16F3N3O. The van der Waals surface area contributed by atoms with Crippen molar-refractivity contribution in [1.82, 2.24) is 9.78 Å². The molecule has 0 atom stereocenters. The quantitative estimate of drug-likeness (QED) is 0.736. The van der Waals surface area contributed by atoms with E-state index in [-0.39, 0.29) is 5.75 Å². The Morgan fingerprint density at radius 1 is 1.12 bits per heavy atom. The minimum atomic E-state index is -4.76. The third-order valence-electron chi connectivity index (χ3n) is 3.73. The number of aryl methyl sites for hydroxylation is 1. The minimum absolute atomic E-state index is 0.259. The third-order valence-corrected chi connectivity index (χ3v) is 3.73. The van der Waals surface area contributed by atoms with Gasteiger partial charge in [0.15, 0.2) is 0 Å². The van der Waals surface area contributed by atoms with Crippen molar-refractivity contribution >= 4 is 5.70 Å². The van der Waals surface area contributed by atoms with Gasteiger partial charge in [-0.05, 0) is 36.8 Å². The fourth-order valence-electron chi connectivity index (χ4n) is 2.62. The summed E-state index contributed by atoms with van der Waals surface area (Å²) in [6.45, 7) is 5.52. The van der Waals surface area contributed by atoms with E-state index in [4.69, 9.17) is 5.73 Å². The molecule has 0 saturated carbocycles. The molecule has 0 bridgehead atoms. The summed E-state index contributed by atoms with van der Waals surface area (Å²) in [5, 5.41) is 4.38. The number of benzene rings is 2. The van der Waals surface area contributed by atoms with Crippen LogP contribution in [0.2, 0.25) is 0 Å². The van der Waals surface area contributed by atoms with Crippen LogP contribution in [0.3, 0.4) is 0 Å². The minimum Gasteiger partial charge on any atom is -0.405 e. The smallest absolute Gasteiger partial charge is 0.405 e. The summed E-state index contributed by atoms with van der Waals surface area (Å²) in [5.74, 6) is -0.259. The summed E-state index contributed by atoms with van der Waals surface area (Å²) in [6.07, 6.45) is -4.76. The first-order valence-electron chi connectivity index (χ1n) is 7.71. The number of para-hydroxylation sites is 1. The maximum Gasteiger partial charge on any atom is 0.573 e. The summed E-state index contributed by atoms with van der Waals surface area (Å²) in [5.41, 5.74) is 8.99. The molecule has 134 valence electrons. The zero-order valence-electron chi connectivity index (χ0n) is 13.9. The predicted octanol–water partition coefficient (Wildman–Crippen LogP) is 4.68. The second kappa shape index (κ2) is 6.59. The molecule has 2 aromatic carbocycles. The summed E-state index contributed by atoms with van der Waals surface area (Å²) in [6, 6.07) is 14.8. The molecule has 1 aromatic heterocycles. The van der Waals surface area contributed by atoms with Crippen molar-refractivity contribution in [3.8, 4) is 22.6 Å². The van der Waals surface area contributed by atoms with Crippen LogP contribution in [-0.2, 0) is 0 Å². The molecule has 0 amide bonds. The van der Waals surface area contributed by atoms with E-state index < -0.39 is 6.36 Å². The van der Waals surface area contributed by atoms with Gasteiger partial charge in [0, 0.05) is 11.3 Å². The molecule has 3 aromatic rings. The fourth-order valence-corrected chi connectivity index (χ4v) is 2.62. The van der Waals surface area contributed by atoms with Crippen LogP contribution in [0.25, 0.3) is 22.5 Å². The Kier molecular flexibility index (Phi) is 4.46. The van der Waals surface area contributed by atoms with Gasteiger partial charge in [0.25, 0.3) is 0 Å². The third kappa shape index (κ3) is 3.72. The molecule has 0 spiro atoms. The lowest BCUT2D eigenvalue weighted by atomic mass is 10.0. The number of halogens is 3. The largest absolute Gasteiger partial charge is 0.573 e. The zero-order chi connectivity index (χ0) is 18.9. The van der Waals surface area contributed by atoms with E-state index in [1.807, 2.05) is 6.92 Å². The molecule has 1 heterocycles. The van der Waals surface area contributed by atoms with Gasteiger partial charge in [-0.3, -0.25) is 0 Å². The second-order valence-electron chi connectivity index (χ2n) is 5.70. The van der Waals surface area contributed by atoms with Gasteiger partial charge in [-0.2, -0.15) is 5.10 Å². The molecule has 0 fully saturated rings. The molecule has 0 saturated heterocycles. The average molecular weight is 359 g/mol. The van der Waals surface area contributed by atoms with Crippen molar-refractivity contribution in [3.63, 3.8) is 0 Å². The van der Waals surface area contributed by atoms with E-state index >= 15 is 0 Å². The van der Waals surface area contributed by atoms with Crippen LogP contribution < -0.4 is 10.5 Å².